The molecule has 0 spiro atoms. The fourth-order valence-corrected chi connectivity index (χ4v) is 7.73. The molecule has 2 atom stereocenters. The first kappa shape index (κ1) is 56.4. The van der Waals surface area contributed by atoms with E-state index in [4.69, 9.17) is 14.2 Å². The van der Waals surface area contributed by atoms with Crippen LogP contribution in [-0.2, 0) is 28.6 Å². The maximum absolute atomic E-state index is 12.7. The van der Waals surface area contributed by atoms with Gasteiger partial charge in [0.25, 0.3) is 0 Å². The number of carbonyl (C=O) groups is 3. The lowest BCUT2D eigenvalue weighted by molar-refractivity contribution is -0.167. The van der Waals surface area contributed by atoms with Crippen molar-refractivity contribution in [3.05, 3.63) is 0 Å². The Labute approximate surface area is 361 Å². The normalized spacial score (nSPS) is 12.6. The lowest BCUT2D eigenvalue weighted by atomic mass is 10.00. The van der Waals surface area contributed by atoms with E-state index in [1.807, 2.05) is 0 Å². The summed E-state index contributed by atoms with van der Waals surface area (Å²) in [5, 5.41) is 0. The molecule has 0 aliphatic rings. The molecule has 0 saturated heterocycles. The predicted octanol–water partition coefficient (Wildman–Crippen LogP) is 16.4. The standard InChI is InChI=1S/C52H100O6/c1-7-48(6)40-34-28-24-25-31-37-43-52(55)58-49(45-57-51(54)42-36-30-23-19-15-14-17-21-27-33-39-47(4)5)44-56-50(53)41-35-29-22-18-13-11-9-8-10-12-16-20-26-32-38-46(2)3/h46-49H,7-45H2,1-6H3/t48?,49-/m0/s1. The first-order chi connectivity index (χ1) is 28.1. The second-order valence-electron chi connectivity index (χ2n) is 19.0. The first-order valence-electron chi connectivity index (χ1n) is 25.6. The third-order valence-corrected chi connectivity index (χ3v) is 12.0. The van der Waals surface area contributed by atoms with Crippen LogP contribution in [0.3, 0.4) is 0 Å². The summed E-state index contributed by atoms with van der Waals surface area (Å²) in [5.41, 5.74) is 0. The Kier molecular flexibility index (Phi) is 42.3. The average Bonchev–Trinajstić information content (AvgIpc) is 3.19. The molecule has 1 unspecified atom stereocenters. The topological polar surface area (TPSA) is 78.9 Å². The van der Waals surface area contributed by atoms with Gasteiger partial charge in [-0.1, -0.05) is 241 Å². The number of ether oxygens (including phenoxy) is 3. The zero-order chi connectivity index (χ0) is 42.7. The molecular formula is C52H100O6. The van der Waals surface area contributed by atoms with Crippen molar-refractivity contribution >= 4 is 17.9 Å². The number of esters is 3. The van der Waals surface area contributed by atoms with Crippen molar-refractivity contribution < 1.29 is 28.6 Å². The molecule has 0 radical (unpaired) electrons. The van der Waals surface area contributed by atoms with Gasteiger partial charge in [-0.25, -0.2) is 0 Å². The van der Waals surface area contributed by atoms with Gasteiger partial charge in [0.2, 0.25) is 0 Å². The third-order valence-electron chi connectivity index (χ3n) is 12.0. The highest BCUT2D eigenvalue weighted by atomic mass is 16.6. The molecule has 0 rings (SSSR count). The maximum atomic E-state index is 12.7. The Morgan fingerprint density at radius 2 is 0.603 bits per heavy atom. The van der Waals surface area contributed by atoms with Gasteiger partial charge in [-0.3, -0.25) is 14.4 Å². The molecule has 0 aromatic heterocycles. The van der Waals surface area contributed by atoms with Crippen LogP contribution in [0.15, 0.2) is 0 Å². The Hall–Kier alpha value is -1.59. The minimum atomic E-state index is -0.763. The van der Waals surface area contributed by atoms with E-state index >= 15 is 0 Å². The van der Waals surface area contributed by atoms with Crippen LogP contribution in [0.4, 0.5) is 0 Å². The zero-order valence-electron chi connectivity index (χ0n) is 39.8. The minimum Gasteiger partial charge on any atom is -0.462 e. The highest BCUT2D eigenvalue weighted by Crippen LogP contribution is 2.18. The van der Waals surface area contributed by atoms with E-state index in [0.29, 0.717) is 19.3 Å². The molecule has 0 amide bonds. The molecule has 0 aliphatic heterocycles. The van der Waals surface area contributed by atoms with Crippen molar-refractivity contribution in [2.75, 3.05) is 13.2 Å². The van der Waals surface area contributed by atoms with E-state index in [1.165, 1.54) is 161 Å². The summed E-state index contributed by atoms with van der Waals surface area (Å²) in [5.74, 6) is 1.62. The van der Waals surface area contributed by atoms with E-state index in [1.54, 1.807) is 0 Å². The highest BCUT2D eigenvalue weighted by Gasteiger charge is 2.19. The molecule has 0 N–H and O–H groups in total. The first-order valence-corrected chi connectivity index (χ1v) is 25.6. The molecule has 0 fully saturated rings. The van der Waals surface area contributed by atoms with Gasteiger partial charge in [-0.05, 0) is 37.0 Å². The molecule has 0 bridgehead atoms. The van der Waals surface area contributed by atoms with Crippen molar-refractivity contribution in [3.8, 4) is 0 Å². The van der Waals surface area contributed by atoms with Crippen LogP contribution >= 0.6 is 0 Å². The summed E-state index contributed by atoms with van der Waals surface area (Å²) < 4.78 is 16.8. The van der Waals surface area contributed by atoms with Crippen molar-refractivity contribution in [1.29, 1.82) is 0 Å². The molecular weight excluding hydrogens is 721 g/mol. The smallest absolute Gasteiger partial charge is 0.306 e. The summed E-state index contributed by atoms with van der Waals surface area (Å²) in [6.45, 7) is 13.7. The molecule has 58 heavy (non-hydrogen) atoms. The zero-order valence-corrected chi connectivity index (χ0v) is 39.8. The average molecular weight is 821 g/mol. The third kappa shape index (κ3) is 44.0. The quantitative estimate of drug-likeness (QED) is 0.0346. The molecule has 0 aromatic rings. The molecule has 6 nitrogen and oxygen atoms in total. The second-order valence-corrected chi connectivity index (χ2v) is 19.0. The van der Waals surface area contributed by atoms with Crippen molar-refractivity contribution in [1.82, 2.24) is 0 Å². The summed E-state index contributed by atoms with van der Waals surface area (Å²) in [6.07, 6.45) is 42.4. The second kappa shape index (κ2) is 43.5. The van der Waals surface area contributed by atoms with Gasteiger partial charge in [-0.2, -0.15) is 0 Å². The Morgan fingerprint density at radius 3 is 0.897 bits per heavy atom. The fourth-order valence-electron chi connectivity index (χ4n) is 7.73. The summed E-state index contributed by atoms with van der Waals surface area (Å²) >= 11 is 0. The molecule has 0 aromatic carbocycles. The fraction of sp³-hybridized carbons (Fsp3) is 0.942. The molecule has 0 heterocycles. The van der Waals surface area contributed by atoms with Gasteiger partial charge in [0.1, 0.15) is 13.2 Å². The number of rotatable bonds is 45. The van der Waals surface area contributed by atoms with E-state index in [2.05, 4.69) is 41.5 Å². The van der Waals surface area contributed by atoms with Crippen molar-refractivity contribution in [2.24, 2.45) is 17.8 Å². The van der Waals surface area contributed by atoms with Gasteiger partial charge < -0.3 is 14.2 Å². The Morgan fingerprint density at radius 1 is 0.345 bits per heavy atom. The monoisotopic (exact) mass is 821 g/mol. The molecule has 344 valence electrons. The van der Waals surface area contributed by atoms with E-state index < -0.39 is 6.10 Å². The van der Waals surface area contributed by atoms with Crippen LogP contribution in [0, 0.1) is 17.8 Å². The van der Waals surface area contributed by atoms with Gasteiger partial charge >= 0.3 is 17.9 Å². The van der Waals surface area contributed by atoms with E-state index in [9.17, 15) is 14.4 Å². The van der Waals surface area contributed by atoms with E-state index in [0.717, 1.165) is 75.5 Å². The van der Waals surface area contributed by atoms with Crippen molar-refractivity contribution in [2.45, 2.75) is 285 Å². The highest BCUT2D eigenvalue weighted by molar-refractivity contribution is 5.71. The van der Waals surface area contributed by atoms with Crippen LogP contribution in [0.5, 0.6) is 0 Å². The largest absolute Gasteiger partial charge is 0.462 e. The number of hydrogen-bond donors (Lipinski definition) is 0. The lowest BCUT2D eigenvalue weighted by Crippen LogP contribution is -2.30. The Bertz CT molecular complexity index is 900. The van der Waals surface area contributed by atoms with Crippen LogP contribution in [0.2, 0.25) is 0 Å². The van der Waals surface area contributed by atoms with Crippen LogP contribution < -0.4 is 0 Å². The summed E-state index contributed by atoms with van der Waals surface area (Å²) in [6, 6.07) is 0. The summed E-state index contributed by atoms with van der Waals surface area (Å²) in [7, 11) is 0. The lowest BCUT2D eigenvalue weighted by Gasteiger charge is -2.18. The van der Waals surface area contributed by atoms with Gasteiger partial charge in [0.05, 0.1) is 0 Å². The number of unbranched alkanes of at least 4 members (excludes halogenated alkanes) is 27. The van der Waals surface area contributed by atoms with Gasteiger partial charge in [0, 0.05) is 19.3 Å². The molecule has 6 heteroatoms. The van der Waals surface area contributed by atoms with Crippen LogP contribution in [-0.4, -0.2) is 37.2 Å². The molecule has 0 aliphatic carbocycles. The van der Waals surface area contributed by atoms with Crippen LogP contribution in [0.1, 0.15) is 279 Å². The molecule has 0 saturated carbocycles. The summed E-state index contributed by atoms with van der Waals surface area (Å²) in [4.78, 5) is 37.9. The number of hydrogen-bond acceptors (Lipinski definition) is 6. The van der Waals surface area contributed by atoms with Crippen LogP contribution in [0.25, 0.3) is 0 Å². The Balaban J connectivity index is 4.27. The van der Waals surface area contributed by atoms with Gasteiger partial charge in [0.15, 0.2) is 6.10 Å². The van der Waals surface area contributed by atoms with Gasteiger partial charge in [-0.15, -0.1) is 0 Å². The predicted molar refractivity (Wildman–Crippen MR) is 247 cm³/mol. The van der Waals surface area contributed by atoms with E-state index in [-0.39, 0.29) is 31.1 Å². The SMILES string of the molecule is CCC(C)CCCCCCCCC(=O)O[C@@H](COC(=O)CCCCCCCCCCCCCCCCC(C)C)COC(=O)CCCCCCCCCCCCC(C)C. The number of carbonyl (C=O) groups excluding carboxylic acids is 3. The van der Waals surface area contributed by atoms with Crippen molar-refractivity contribution in [3.63, 3.8) is 0 Å². The minimum absolute atomic E-state index is 0.0656. The maximum Gasteiger partial charge on any atom is 0.306 e.